The van der Waals surface area contributed by atoms with E-state index in [-0.39, 0.29) is 11.7 Å². The molecule has 0 radical (unpaired) electrons. The van der Waals surface area contributed by atoms with Gasteiger partial charge in [0.2, 0.25) is 5.82 Å². The predicted octanol–water partition coefficient (Wildman–Crippen LogP) is -0.190. The van der Waals surface area contributed by atoms with Gasteiger partial charge in [-0.3, -0.25) is 9.89 Å². The molecule has 0 saturated heterocycles. The number of aryl methyl sites for hydroxylation is 1. The smallest absolute Gasteiger partial charge is 0.291 e. The summed E-state index contributed by atoms with van der Waals surface area (Å²) in [6.07, 6.45) is 4.84. The first-order chi connectivity index (χ1) is 7.68. The van der Waals surface area contributed by atoms with Gasteiger partial charge in [0.15, 0.2) is 0 Å². The molecule has 0 aliphatic carbocycles. The molecule has 0 spiro atoms. The molecule has 0 atom stereocenters. The summed E-state index contributed by atoms with van der Waals surface area (Å²) in [7, 11) is 3.58. The molecule has 0 aromatic carbocycles. The maximum atomic E-state index is 11.8. The number of carbonyl (C=O) groups is 1. The Morgan fingerprint density at radius 2 is 2.38 bits per heavy atom. The van der Waals surface area contributed by atoms with Crippen LogP contribution in [0.5, 0.6) is 0 Å². The van der Waals surface area contributed by atoms with E-state index in [1.807, 2.05) is 17.8 Å². The van der Waals surface area contributed by atoms with Gasteiger partial charge in [0.05, 0.1) is 6.54 Å². The minimum Gasteiger partial charge on any atom is -0.337 e. The van der Waals surface area contributed by atoms with Gasteiger partial charge in [-0.1, -0.05) is 0 Å². The second-order valence-corrected chi connectivity index (χ2v) is 3.45. The SMILES string of the molecule is CN(Cc1nccn1C)C(=O)c1ncn[nH]1. The number of nitrogens with one attached hydrogen (secondary N) is 1. The summed E-state index contributed by atoms with van der Waals surface area (Å²) in [6.45, 7) is 0.434. The molecule has 0 bridgehead atoms. The number of amides is 1. The highest BCUT2D eigenvalue weighted by Crippen LogP contribution is 2.02. The molecule has 0 fully saturated rings. The van der Waals surface area contributed by atoms with Gasteiger partial charge in [0.1, 0.15) is 12.2 Å². The number of aromatic nitrogens is 5. The highest BCUT2D eigenvalue weighted by molar-refractivity contribution is 5.89. The minimum atomic E-state index is -0.208. The van der Waals surface area contributed by atoms with Crippen molar-refractivity contribution < 1.29 is 4.79 Å². The highest BCUT2D eigenvalue weighted by Gasteiger charge is 2.15. The van der Waals surface area contributed by atoms with E-state index in [2.05, 4.69) is 20.2 Å². The fourth-order valence-corrected chi connectivity index (χ4v) is 1.32. The predicted molar refractivity (Wildman–Crippen MR) is 55.4 cm³/mol. The van der Waals surface area contributed by atoms with Crippen molar-refractivity contribution in [3.8, 4) is 0 Å². The van der Waals surface area contributed by atoms with Crippen molar-refractivity contribution in [2.45, 2.75) is 6.54 Å². The Kier molecular flexibility index (Phi) is 2.67. The van der Waals surface area contributed by atoms with Gasteiger partial charge in [-0.25, -0.2) is 9.97 Å². The van der Waals surface area contributed by atoms with Gasteiger partial charge in [-0.15, -0.1) is 0 Å². The van der Waals surface area contributed by atoms with Crippen LogP contribution in [-0.4, -0.2) is 42.6 Å². The van der Waals surface area contributed by atoms with Crippen LogP contribution in [0.15, 0.2) is 18.7 Å². The molecule has 2 aromatic rings. The Hall–Kier alpha value is -2.18. The lowest BCUT2D eigenvalue weighted by Gasteiger charge is -2.14. The van der Waals surface area contributed by atoms with E-state index in [9.17, 15) is 4.79 Å². The average Bonchev–Trinajstić information content (AvgIpc) is 2.89. The molecular weight excluding hydrogens is 208 g/mol. The summed E-state index contributed by atoms with van der Waals surface area (Å²) < 4.78 is 1.87. The Morgan fingerprint density at radius 3 is 2.94 bits per heavy atom. The first kappa shape index (κ1) is 10.3. The molecule has 84 valence electrons. The number of H-pyrrole nitrogens is 1. The van der Waals surface area contributed by atoms with Crippen LogP contribution in [0.25, 0.3) is 0 Å². The quantitative estimate of drug-likeness (QED) is 0.777. The van der Waals surface area contributed by atoms with E-state index in [1.54, 1.807) is 13.2 Å². The topological polar surface area (TPSA) is 79.7 Å². The van der Waals surface area contributed by atoms with Gasteiger partial charge >= 0.3 is 0 Å². The number of carbonyl (C=O) groups excluding carboxylic acids is 1. The molecule has 7 nitrogen and oxygen atoms in total. The zero-order chi connectivity index (χ0) is 11.5. The fourth-order valence-electron chi connectivity index (χ4n) is 1.32. The Bertz CT molecular complexity index is 474. The number of imidazole rings is 1. The van der Waals surface area contributed by atoms with Crippen LogP contribution < -0.4 is 0 Å². The molecule has 2 aromatic heterocycles. The molecule has 0 saturated carbocycles. The summed E-state index contributed by atoms with van der Waals surface area (Å²) in [5.74, 6) is 0.840. The lowest BCUT2D eigenvalue weighted by atomic mass is 10.4. The first-order valence-corrected chi connectivity index (χ1v) is 4.75. The van der Waals surface area contributed by atoms with Crippen molar-refractivity contribution >= 4 is 5.91 Å². The summed E-state index contributed by atoms with van der Waals surface area (Å²) in [5.41, 5.74) is 0. The van der Waals surface area contributed by atoms with Crippen molar-refractivity contribution in [1.82, 2.24) is 29.6 Å². The Labute approximate surface area is 92.1 Å². The lowest BCUT2D eigenvalue weighted by molar-refractivity contribution is 0.0769. The molecule has 1 amide bonds. The van der Waals surface area contributed by atoms with Crippen molar-refractivity contribution in [2.24, 2.45) is 7.05 Å². The molecular formula is C9H12N6O. The Morgan fingerprint density at radius 1 is 1.56 bits per heavy atom. The molecule has 16 heavy (non-hydrogen) atoms. The van der Waals surface area contributed by atoms with Crippen LogP contribution in [0.2, 0.25) is 0 Å². The summed E-state index contributed by atoms with van der Waals surface area (Å²) in [4.78, 5) is 21.3. The van der Waals surface area contributed by atoms with Crippen molar-refractivity contribution in [2.75, 3.05) is 7.05 Å². The van der Waals surface area contributed by atoms with Crippen LogP contribution in [-0.2, 0) is 13.6 Å². The van der Waals surface area contributed by atoms with E-state index in [0.29, 0.717) is 6.54 Å². The molecule has 0 aliphatic rings. The molecule has 2 rings (SSSR count). The van der Waals surface area contributed by atoms with Gasteiger partial charge in [0.25, 0.3) is 5.91 Å². The van der Waals surface area contributed by atoms with Crippen LogP contribution >= 0.6 is 0 Å². The second-order valence-electron chi connectivity index (χ2n) is 3.45. The molecule has 1 N–H and O–H groups in total. The van der Waals surface area contributed by atoms with Crippen molar-refractivity contribution in [1.29, 1.82) is 0 Å². The van der Waals surface area contributed by atoms with E-state index in [4.69, 9.17) is 0 Å². The van der Waals surface area contributed by atoms with Gasteiger partial charge < -0.3 is 9.47 Å². The summed E-state index contributed by atoms with van der Waals surface area (Å²) >= 11 is 0. The van der Waals surface area contributed by atoms with Crippen LogP contribution in [0.4, 0.5) is 0 Å². The molecule has 0 aliphatic heterocycles. The summed E-state index contributed by atoms with van der Waals surface area (Å²) in [5, 5.41) is 6.17. The number of aromatic amines is 1. The zero-order valence-corrected chi connectivity index (χ0v) is 9.08. The third kappa shape index (κ3) is 1.92. The van der Waals surface area contributed by atoms with Crippen molar-refractivity contribution in [3.05, 3.63) is 30.4 Å². The maximum Gasteiger partial charge on any atom is 0.291 e. The fraction of sp³-hybridized carbons (Fsp3) is 0.333. The van der Waals surface area contributed by atoms with E-state index >= 15 is 0 Å². The van der Waals surface area contributed by atoms with Crippen LogP contribution in [0.3, 0.4) is 0 Å². The largest absolute Gasteiger partial charge is 0.337 e. The minimum absolute atomic E-state index is 0.208. The number of rotatable bonds is 3. The van der Waals surface area contributed by atoms with Crippen LogP contribution in [0.1, 0.15) is 16.4 Å². The summed E-state index contributed by atoms with van der Waals surface area (Å²) in [6, 6.07) is 0. The molecule has 0 unspecified atom stereocenters. The number of hydrogen-bond donors (Lipinski definition) is 1. The lowest BCUT2D eigenvalue weighted by Crippen LogP contribution is -2.28. The van der Waals surface area contributed by atoms with E-state index in [0.717, 1.165) is 5.82 Å². The zero-order valence-electron chi connectivity index (χ0n) is 9.08. The normalized spacial score (nSPS) is 10.4. The average molecular weight is 220 g/mol. The van der Waals surface area contributed by atoms with Gasteiger partial charge in [0, 0.05) is 26.5 Å². The Balaban J connectivity index is 2.07. The monoisotopic (exact) mass is 220 g/mol. The van der Waals surface area contributed by atoms with Crippen molar-refractivity contribution in [3.63, 3.8) is 0 Å². The van der Waals surface area contributed by atoms with Crippen LogP contribution in [0, 0.1) is 0 Å². The molecule has 7 heteroatoms. The highest BCUT2D eigenvalue weighted by atomic mass is 16.2. The number of nitrogens with zero attached hydrogens (tertiary/aromatic N) is 5. The molecule has 2 heterocycles. The van der Waals surface area contributed by atoms with E-state index < -0.39 is 0 Å². The third-order valence-corrected chi connectivity index (χ3v) is 2.26. The third-order valence-electron chi connectivity index (χ3n) is 2.26. The first-order valence-electron chi connectivity index (χ1n) is 4.75. The van der Waals surface area contributed by atoms with E-state index in [1.165, 1.54) is 11.2 Å². The number of hydrogen-bond acceptors (Lipinski definition) is 4. The second kappa shape index (κ2) is 4.13. The standard InChI is InChI=1S/C9H12N6O/c1-14-4-3-10-7(14)5-15(2)9(16)8-11-6-12-13-8/h3-4,6H,5H2,1-2H3,(H,11,12,13). The van der Waals surface area contributed by atoms with Gasteiger partial charge in [-0.2, -0.15) is 5.10 Å². The maximum absolute atomic E-state index is 11.8. The van der Waals surface area contributed by atoms with Gasteiger partial charge in [-0.05, 0) is 0 Å².